The van der Waals surface area contributed by atoms with Crippen molar-refractivity contribution in [1.29, 1.82) is 5.26 Å². The quantitative estimate of drug-likeness (QED) is 0.517. The van der Waals surface area contributed by atoms with Crippen LogP contribution in [-0.2, 0) is 26.1 Å². The first-order chi connectivity index (χ1) is 4.39. The van der Waals surface area contributed by atoms with Gasteiger partial charge in [-0.25, -0.2) is 0 Å². The Morgan fingerprint density at radius 2 is 1.56 bits per heavy atom. The molecule has 0 bridgehead atoms. The summed E-state index contributed by atoms with van der Waals surface area (Å²) in [6.07, 6.45) is 0. The van der Waals surface area contributed by atoms with Crippen LogP contribution in [0.5, 0.6) is 0 Å². The second-order valence-electron chi connectivity index (χ2n) is 1.49. The van der Waals surface area contributed by atoms with Gasteiger partial charge in [0, 0.05) is 0 Å². The average Bonchev–Trinajstić information content (AvgIpc) is 1.94. The van der Waals surface area contributed by atoms with E-state index in [0.29, 0.717) is 0 Å². The Morgan fingerprint density at radius 1 is 1.11 bits per heavy atom. The molecule has 2 heteroatoms. The second-order valence-corrected chi connectivity index (χ2v) is 4.66. The molecule has 1 rings (SSSR count). The zero-order valence-corrected chi connectivity index (χ0v) is 10.5. The molecule has 0 heterocycles. The minimum absolute atomic E-state index is 0.810. The summed E-state index contributed by atoms with van der Waals surface area (Å²) in [5.41, 5.74) is 0. The molecular weight excluding hydrogens is 299 g/mol. The summed E-state index contributed by atoms with van der Waals surface area (Å²) < 4.78 is 1.52. The van der Waals surface area contributed by atoms with E-state index in [-0.39, 0.29) is 0 Å². The molecule has 0 atom stereocenters. The number of benzene rings is 1. The van der Waals surface area contributed by atoms with Gasteiger partial charge in [-0.1, -0.05) is 0 Å². The van der Waals surface area contributed by atoms with E-state index in [0.717, 1.165) is 26.1 Å². The van der Waals surface area contributed by atoms with Gasteiger partial charge in [0.05, 0.1) is 0 Å². The zero-order chi connectivity index (χ0) is 7.11. The normalized spacial score (nSPS) is 7.11. The molecule has 0 unspecified atom stereocenters. The van der Waals surface area contributed by atoms with Crippen molar-refractivity contribution in [2.45, 2.75) is 0 Å². The summed E-state index contributed by atoms with van der Waals surface area (Å²) in [6.45, 7) is 4.75. The van der Waals surface area contributed by atoms with Crippen molar-refractivity contribution in [2.24, 2.45) is 0 Å². The number of hydrogen-bond donors (Lipinski definition) is 0. The molecule has 0 fully saturated rings. The zero-order valence-electron chi connectivity index (χ0n) is 5.04. The molecule has 0 radical (unpaired) electrons. The molecular formula is C7H5HgN. The Balaban J connectivity index is 0.000000291. The van der Waals surface area contributed by atoms with Gasteiger partial charge in [0.25, 0.3) is 0 Å². The summed E-state index contributed by atoms with van der Waals surface area (Å²) in [5.74, 6) is 0. The maximum absolute atomic E-state index is 6.25. The summed E-state index contributed by atoms with van der Waals surface area (Å²) in [4.78, 5) is 0. The van der Waals surface area contributed by atoms with Gasteiger partial charge >= 0.3 is 59.5 Å². The van der Waals surface area contributed by atoms with Crippen LogP contribution in [0.25, 0.3) is 0 Å². The van der Waals surface area contributed by atoms with E-state index >= 15 is 0 Å². The Labute approximate surface area is 71.3 Å². The van der Waals surface area contributed by atoms with Crippen LogP contribution in [0.1, 0.15) is 0 Å². The van der Waals surface area contributed by atoms with Crippen LogP contribution in [0.3, 0.4) is 0 Å². The number of nitrogens with zero attached hydrogens (tertiary/aromatic N) is 1. The second kappa shape index (κ2) is 5.78. The Kier molecular flexibility index (Phi) is 5.55. The minimum atomic E-state index is 0.810. The fourth-order valence-corrected chi connectivity index (χ4v) is 1.54. The number of hydrogen-bond acceptors (Lipinski definition) is 1. The van der Waals surface area contributed by atoms with E-state index in [4.69, 9.17) is 11.8 Å². The first-order valence-electron chi connectivity index (χ1n) is 2.49. The topological polar surface area (TPSA) is 23.8 Å². The van der Waals surface area contributed by atoms with Gasteiger partial charge in [0.2, 0.25) is 0 Å². The molecule has 1 aromatic carbocycles. The van der Waals surface area contributed by atoms with Crippen molar-refractivity contribution >= 4 is 3.07 Å². The Morgan fingerprint density at radius 3 is 1.78 bits per heavy atom. The molecule has 1 nitrogen and oxygen atoms in total. The molecule has 0 aromatic heterocycles. The Hall–Kier alpha value is -0.355. The van der Waals surface area contributed by atoms with E-state index in [1.54, 1.807) is 0 Å². The van der Waals surface area contributed by atoms with Gasteiger partial charge in [0.1, 0.15) is 0 Å². The molecule has 0 amide bonds. The van der Waals surface area contributed by atoms with Gasteiger partial charge in [-0.2, -0.15) is 0 Å². The predicted molar refractivity (Wildman–Crippen MR) is 31.0 cm³/mol. The van der Waals surface area contributed by atoms with Gasteiger partial charge in [-0.3, -0.25) is 0 Å². The SMILES string of the molecule is [C-]#N.[Hg+][c]1ccccc1. The van der Waals surface area contributed by atoms with Crippen LogP contribution in [0.15, 0.2) is 30.3 Å². The fraction of sp³-hybridized carbons (Fsp3) is 0. The third-order valence-corrected chi connectivity index (χ3v) is 2.68. The molecule has 1 aromatic rings. The fourth-order valence-electron chi connectivity index (χ4n) is 0.478. The molecule has 0 N–H and O–H groups in total. The van der Waals surface area contributed by atoms with Crippen LogP contribution >= 0.6 is 0 Å². The van der Waals surface area contributed by atoms with Crippen molar-refractivity contribution in [1.82, 2.24) is 0 Å². The predicted octanol–water partition coefficient (Wildman–Crippen LogP) is 0.955. The summed E-state index contributed by atoms with van der Waals surface area (Å²) >= 11 is 0.810. The maximum atomic E-state index is 6.25. The van der Waals surface area contributed by atoms with Crippen molar-refractivity contribution < 1.29 is 26.1 Å². The van der Waals surface area contributed by atoms with Crippen molar-refractivity contribution in [2.75, 3.05) is 0 Å². The summed E-state index contributed by atoms with van der Waals surface area (Å²) in [5, 5.41) is 6.25. The summed E-state index contributed by atoms with van der Waals surface area (Å²) in [6, 6.07) is 10.6. The van der Waals surface area contributed by atoms with Crippen molar-refractivity contribution in [3.8, 4) is 0 Å². The van der Waals surface area contributed by atoms with Crippen LogP contribution in [0, 0.1) is 11.8 Å². The van der Waals surface area contributed by atoms with E-state index in [1.807, 2.05) is 0 Å². The van der Waals surface area contributed by atoms with E-state index in [2.05, 4.69) is 30.3 Å². The molecule has 0 spiro atoms. The van der Waals surface area contributed by atoms with E-state index < -0.39 is 0 Å². The van der Waals surface area contributed by atoms with Gasteiger partial charge in [-0.15, -0.1) is 0 Å². The van der Waals surface area contributed by atoms with E-state index in [9.17, 15) is 0 Å². The molecule has 40 valence electrons. The Bertz CT molecular complexity index is 169. The molecule has 0 aliphatic carbocycles. The molecule has 0 saturated heterocycles. The third kappa shape index (κ3) is 4.17. The van der Waals surface area contributed by atoms with E-state index in [1.165, 1.54) is 3.07 Å². The van der Waals surface area contributed by atoms with Crippen LogP contribution in [0.2, 0.25) is 0 Å². The molecule has 9 heavy (non-hydrogen) atoms. The summed E-state index contributed by atoms with van der Waals surface area (Å²) in [7, 11) is 0. The number of rotatable bonds is 0. The standard InChI is InChI=1S/C6H5.CN.Hg/c1-2-4-6-5-3-1;1-2;/h1-5H;;/q;-1;+1. The van der Waals surface area contributed by atoms with Gasteiger partial charge in [0.15, 0.2) is 0 Å². The van der Waals surface area contributed by atoms with Gasteiger partial charge in [-0.05, 0) is 0 Å². The van der Waals surface area contributed by atoms with Crippen LogP contribution in [-0.4, -0.2) is 0 Å². The third-order valence-electron chi connectivity index (χ3n) is 0.843. The average molecular weight is 304 g/mol. The molecule has 0 saturated carbocycles. The van der Waals surface area contributed by atoms with Crippen LogP contribution in [0.4, 0.5) is 0 Å². The van der Waals surface area contributed by atoms with Crippen molar-refractivity contribution in [3.05, 3.63) is 36.9 Å². The first-order valence-corrected chi connectivity index (χ1v) is 5.24. The molecule has 0 aliphatic rings. The monoisotopic (exact) mass is 305 g/mol. The van der Waals surface area contributed by atoms with Crippen LogP contribution < -0.4 is 3.07 Å². The first kappa shape index (κ1) is 8.65. The van der Waals surface area contributed by atoms with Gasteiger partial charge < -0.3 is 11.8 Å². The van der Waals surface area contributed by atoms with Crippen molar-refractivity contribution in [3.63, 3.8) is 0 Å². The molecule has 0 aliphatic heterocycles.